The van der Waals surface area contributed by atoms with Gasteiger partial charge in [-0.05, 0) is 31.0 Å². The Morgan fingerprint density at radius 3 is 2.50 bits per heavy atom. The summed E-state index contributed by atoms with van der Waals surface area (Å²) in [5.74, 6) is 1.45. The topological polar surface area (TPSA) is 52.2 Å². The van der Waals surface area contributed by atoms with Gasteiger partial charge in [0, 0.05) is 12.0 Å². The number of nitrogens with zero attached hydrogens (tertiary/aromatic N) is 3. The lowest BCUT2D eigenvalue weighted by Crippen LogP contribution is -3.06. The average Bonchev–Trinajstić information content (AvgIpc) is 3.11. The lowest BCUT2D eigenvalue weighted by atomic mass is 10.0. The van der Waals surface area contributed by atoms with Crippen molar-refractivity contribution < 1.29 is 9.69 Å². The van der Waals surface area contributed by atoms with Gasteiger partial charge in [-0.2, -0.15) is 0 Å². The van der Waals surface area contributed by atoms with Crippen LogP contribution in [0.25, 0.3) is 0 Å². The normalized spacial score (nSPS) is 12.3. The predicted octanol–water partition coefficient (Wildman–Crippen LogP) is 3.51. The van der Waals surface area contributed by atoms with Gasteiger partial charge in [-0.25, -0.2) is 0 Å². The van der Waals surface area contributed by atoms with Crippen molar-refractivity contribution in [1.82, 2.24) is 14.8 Å². The third-order valence-corrected chi connectivity index (χ3v) is 6.34. The molecule has 1 aromatic heterocycles. The van der Waals surface area contributed by atoms with Crippen LogP contribution in [0.4, 0.5) is 0 Å². The van der Waals surface area contributed by atoms with E-state index >= 15 is 0 Å². The summed E-state index contributed by atoms with van der Waals surface area (Å²) in [7, 11) is 4.29. The summed E-state index contributed by atoms with van der Waals surface area (Å²) in [6.07, 6.45) is 0.974. The zero-order chi connectivity index (χ0) is 21.7. The van der Waals surface area contributed by atoms with E-state index < -0.39 is 0 Å². The van der Waals surface area contributed by atoms with Crippen LogP contribution in [-0.2, 0) is 6.54 Å². The van der Waals surface area contributed by atoms with Crippen LogP contribution in [0.5, 0.6) is 0 Å². The van der Waals surface area contributed by atoms with E-state index in [0.29, 0.717) is 12.3 Å². The van der Waals surface area contributed by atoms with Crippen molar-refractivity contribution in [1.29, 1.82) is 0 Å². The van der Waals surface area contributed by atoms with Crippen molar-refractivity contribution in [3.05, 3.63) is 76.6 Å². The number of ketones is 1. The highest BCUT2D eigenvalue weighted by molar-refractivity contribution is 7.99. The molecule has 2 aromatic carbocycles. The number of hydrogen-bond donors (Lipinski definition) is 1. The van der Waals surface area contributed by atoms with Crippen LogP contribution in [0, 0.1) is 13.8 Å². The number of carbonyl (C=O) groups is 1. The van der Waals surface area contributed by atoms with Crippen molar-refractivity contribution in [2.75, 3.05) is 19.8 Å². The molecule has 1 atom stereocenters. The van der Waals surface area contributed by atoms with Crippen LogP contribution in [0.3, 0.4) is 0 Å². The fraction of sp³-hybridized carbons (Fsp3) is 0.375. The number of hydrogen-bond acceptors (Lipinski definition) is 4. The summed E-state index contributed by atoms with van der Waals surface area (Å²) < 4.78 is 2.18. The molecule has 3 aromatic rings. The molecule has 0 aliphatic heterocycles. The first kappa shape index (κ1) is 22.2. The summed E-state index contributed by atoms with van der Waals surface area (Å²) in [5, 5.41) is 9.82. The van der Waals surface area contributed by atoms with Gasteiger partial charge < -0.3 is 4.90 Å². The first-order valence-electron chi connectivity index (χ1n) is 10.4. The molecule has 30 heavy (non-hydrogen) atoms. The third-order valence-electron chi connectivity index (χ3n) is 5.37. The zero-order valence-corrected chi connectivity index (χ0v) is 19.3. The van der Waals surface area contributed by atoms with Gasteiger partial charge in [0.1, 0.15) is 6.04 Å². The molecule has 0 aliphatic rings. The van der Waals surface area contributed by atoms with E-state index in [4.69, 9.17) is 0 Å². The number of nitrogens with one attached hydrogen (secondary N) is 1. The maximum Gasteiger partial charge on any atom is 0.192 e. The van der Waals surface area contributed by atoms with E-state index in [1.54, 1.807) is 0 Å². The smallest absolute Gasteiger partial charge is 0.192 e. The van der Waals surface area contributed by atoms with Gasteiger partial charge in [0.2, 0.25) is 0 Å². The van der Waals surface area contributed by atoms with Gasteiger partial charge in [-0.1, -0.05) is 66.7 Å². The van der Waals surface area contributed by atoms with Gasteiger partial charge in [0.15, 0.2) is 16.8 Å². The van der Waals surface area contributed by atoms with E-state index in [2.05, 4.69) is 47.9 Å². The fourth-order valence-electron chi connectivity index (χ4n) is 3.67. The van der Waals surface area contributed by atoms with Crippen LogP contribution in [0.1, 0.15) is 52.3 Å². The number of rotatable bonds is 9. The molecule has 0 fully saturated rings. The Kier molecular flexibility index (Phi) is 7.45. The number of benzene rings is 2. The maximum atomic E-state index is 12.9. The van der Waals surface area contributed by atoms with Crippen molar-refractivity contribution in [2.24, 2.45) is 0 Å². The van der Waals surface area contributed by atoms with Gasteiger partial charge in [0.25, 0.3) is 0 Å². The summed E-state index contributed by atoms with van der Waals surface area (Å²) in [5.41, 5.74) is 4.11. The molecule has 1 N–H and O–H groups in total. The van der Waals surface area contributed by atoms with Crippen LogP contribution in [0.15, 0.2) is 53.7 Å². The first-order chi connectivity index (χ1) is 14.4. The molecule has 0 aliphatic carbocycles. The minimum Gasteiger partial charge on any atom is -0.331 e. The van der Waals surface area contributed by atoms with Crippen LogP contribution in [0.2, 0.25) is 0 Å². The summed E-state index contributed by atoms with van der Waals surface area (Å²) in [4.78, 5) is 14.2. The summed E-state index contributed by atoms with van der Waals surface area (Å²) in [6, 6.07) is 16.6. The second-order valence-corrected chi connectivity index (χ2v) is 8.92. The minimum atomic E-state index is 0.127. The molecule has 0 saturated carbocycles. The molecule has 0 spiro atoms. The highest BCUT2D eigenvalue weighted by atomic mass is 32.2. The quantitative estimate of drug-likeness (QED) is 0.423. The highest BCUT2D eigenvalue weighted by Crippen LogP contribution is 2.24. The van der Waals surface area contributed by atoms with E-state index in [1.165, 1.54) is 22.2 Å². The monoisotopic (exact) mass is 423 g/mol. The average molecular weight is 424 g/mol. The fourth-order valence-corrected chi connectivity index (χ4v) is 4.50. The summed E-state index contributed by atoms with van der Waals surface area (Å²) in [6.45, 7) is 6.88. The third kappa shape index (κ3) is 5.18. The number of quaternary nitrogens is 1. The molecule has 5 nitrogen and oxygen atoms in total. The number of Topliss-reactive ketones (excluding diaryl/α,β-unsaturated/α-hetero) is 1. The molecule has 0 amide bonds. The number of thioether (sulfide) groups is 1. The molecule has 158 valence electrons. The molecular formula is C24H31N4OS+. The Balaban J connectivity index is 1.87. The molecule has 0 radical (unpaired) electrons. The largest absolute Gasteiger partial charge is 0.331 e. The molecule has 1 heterocycles. The Bertz CT molecular complexity index is 998. The summed E-state index contributed by atoms with van der Waals surface area (Å²) >= 11 is 1.47. The maximum absolute atomic E-state index is 12.9. The van der Waals surface area contributed by atoms with E-state index in [-0.39, 0.29) is 11.8 Å². The van der Waals surface area contributed by atoms with Crippen molar-refractivity contribution >= 4 is 17.5 Å². The number of aryl methyl sites for hydroxylation is 2. The second kappa shape index (κ2) is 10.0. The molecular weight excluding hydrogens is 392 g/mol. The Morgan fingerprint density at radius 2 is 1.83 bits per heavy atom. The SMILES string of the molecule is CC[C@H](c1nnc(SCC(=O)c2cc(C)ccc2C)n1Cc1ccccc1)[NH+](C)C. The molecule has 6 heteroatoms. The Morgan fingerprint density at radius 1 is 1.10 bits per heavy atom. The Hall–Kier alpha value is -2.44. The molecule has 0 saturated heterocycles. The van der Waals surface area contributed by atoms with Gasteiger partial charge in [-0.15, -0.1) is 10.2 Å². The second-order valence-electron chi connectivity index (χ2n) is 7.98. The minimum absolute atomic E-state index is 0.127. The Labute approximate surface area is 183 Å². The van der Waals surface area contributed by atoms with Gasteiger partial charge in [0.05, 0.1) is 26.4 Å². The molecule has 0 bridgehead atoms. The van der Waals surface area contributed by atoms with Crippen molar-refractivity contribution in [3.63, 3.8) is 0 Å². The van der Waals surface area contributed by atoms with Gasteiger partial charge in [-0.3, -0.25) is 9.36 Å². The number of aromatic nitrogens is 3. The standard InChI is InChI=1S/C24H30N4OS/c1-6-21(27(4)5)23-25-26-24(28(23)15-19-10-8-7-9-11-19)30-16-22(29)20-14-17(2)12-13-18(20)3/h7-14,21H,6,15-16H2,1-5H3/p+1/t21-/m1/s1. The highest BCUT2D eigenvalue weighted by Gasteiger charge is 2.25. The van der Waals surface area contributed by atoms with Gasteiger partial charge >= 0.3 is 0 Å². The van der Waals surface area contributed by atoms with E-state index in [9.17, 15) is 4.79 Å². The van der Waals surface area contributed by atoms with Crippen LogP contribution < -0.4 is 4.90 Å². The lowest BCUT2D eigenvalue weighted by molar-refractivity contribution is -0.893. The van der Waals surface area contributed by atoms with E-state index in [0.717, 1.165) is 34.1 Å². The zero-order valence-electron chi connectivity index (χ0n) is 18.5. The van der Waals surface area contributed by atoms with Crippen LogP contribution in [-0.4, -0.2) is 40.4 Å². The van der Waals surface area contributed by atoms with E-state index in [1.807, 2.05) is 50.2 Å². The van der Waals surface area contributed by atoms with Crippen molar-refractivity contribution in [2.45, 2.75) is 44.9 Å². The molecule has 3 rings (SSSR count). The lowest BCUT2D eigenvalue weighted by Gasteiger charge is -2.20. The molecule has 0 unspecified atom stereocenters. The van der Waals surface area contributed by atoms with Crippen LogP contribution >= 0.6 is 11.8 Å². The predicted molar refractivity (Wildman–Crippen MR) is 122 cm³/mol. The first-order valence-corrected chi connectivity index (χ1v) is 11.4. The van der Waals surface area contributed by atoms with Crippen molar-refractivity contribution in [3.8, 4) is 0 Å². The number of carbonyl (C=O) groups excluding carboxylic acids is 1.